The Labute approximate surface area is 240 Å². The number of carbonyl (C=O) groups is 1. The van der Waals surface area contributed by atoms with E-state index in [9.17, 15) is 18.0 Å². The van der Waals surface area contributed by atoms with Crippen LogP contribution >= 0.6 is 11.3 Å². The summed E-state index contributed by atoms with van der Waals surface area (Å²) >= 11 is 1.44. The smallest absolute Gasteiger partial charge is 0.373 e. The summed E-state index contributed by atoms with van der Waals surface area (Å²) in [6.07, 6.45) is 1.16. The van der Waals surface area contributed by atoms with E-state index in [-0.39, 0.29) is 5.56 Å². The number of hydrogen-bond acceptors (Lipinski definition) is 8. The van der Waals surface area contributed by atoms with Gasteiger partial charge in [-0.05, 0) is 68.8 Å². The van der Waals surface area contributed by atoms with Crippen LogP contribution in [0.25, 0.3) is 16.3 Å². The number of rotatable bonds is 9. The number of likely N-dealkylation sites (N-methyl/N-ethyl adjacent to an activating group) is 1. The molecule has 1 aliphatic heterocycles. The highest BCUT2D eigenvalue weighted by Gasteiger charge is 2.32. The van der Waals surface area contributed by atoms with E-state index in [1.807, 2.05) is 13.0 Å². The Morgan fingerprint density at radius 1 is 1.15 bits per heavy atom. The van der Waals surface area contributed by atoms with Gasteiger partial charge in [-0.1, -0.05) is 22.6 Å². The van der Waals surface area contributed by atoms with Gasteiger partial charge in [0, 0.05) is 50.3 Å². The van der Waals surface area contributed by atoms with E-state index >= 15 is 0 Å². The molecule has 5 rings (SSSR count). The standard InChI is InChI=1S/C28H31F3N8OS/c1-18-6-7-21(15-24(18)39-17-23(35-36-39)25-16-33-27(32-2)41-25)34-26(40)19-12-20(28(29,30)31)14-22(13-19)37(3)10-11-38-8-4-5-9-38/h6-7,12-17H,4-5,8-11H2,1-3H3,(H,32,33)(H,34,40). The van der Waals surface area contributed by atoms with E-state index in [0.29, 0.717) is 29.3 Å². The monoisotopic (exact) mass is 584 g/mol. The summed E-state index contributed by atoms with van der Waals surface area (Å²) in [5.41, 5.74) is 2.02. The van der Waals surface area contributed by atoms with Gasteiger partial charge in [0.1, 0.15) is 5.69 Å². The molecular weight excluding hydrogens is 553 g/mol. The number of alkyl halides is 3. The number of carbonyl (C=O) groups excluding carboxylic acids is 1. The Kier molecular flexibility index (Phi) is 8.27. The zero-order valence-electron chi connectivity index (χ0n) is 23.0. The second-order valence-electron chi connectivity index (χ2n) is 10.0. The fourth-order valence-corrected chi connectivity index (χ4v) is 5.41. The summed E-state index contributed by atoms with van der Waals surface area (Å²) in [7, 11) is 3.54. The third-order valence-electron chi connectivity index (χ3n) is 7.08. The lowest BCUT2D eigenvalue weighted by Gasteiger charge is -2.24. The molecule has 0 aliphatic carbocycles. The van der Waals surface area contributed by atoms with Crippen molar-refractivity contribution in [2.75, 3.05) is 55.8 Å². The van der Waals surface area contributed by atoms with E-state index in [0.717, 1.165) is 60.2 Å². The van der Waals surface area contributed by atoms with E-state index in [2.05, 4.69) is 30.8 Å². The van der Waals surface area contributed by atoms with Crippen LogP contribution in [0.15, 0.2) is 48.8 Å². The van der Waals surface area contributed by atoms with Crippen molar-refractivity contribution in [1.82, 2.24) is 24.9 Å². The van der Waals surface area contributed by atoms with Crippen LogP contribution in [0.4, 0.5) is 29.7 Å². The number of benzene rings is 2. The van der Waals surface area contributed by atoms with Gasteiger partial charge < -0.3 is 20.4 Å². The van der Waals surface area contributed by atoms with Crippen molar-refractivity contribution in [3.8, 4) is 16.3 Å². The highest BCUT2D eigenvalue weighted by atomic mass is 32.1. The number of aromatic nitrogens is 4. The average Bonchev–Trinajstić information content (AvgIpc) is 3.74. The number of thiazole rings is 1. The molecule has 1 fully saturated rings. The first-order valence-electron chi connectivity index (χ1n) is 13.2. The Morgan fingerprint density at radius 3 is 2.63 bits per heavy atom. The van der Waals surface area contributed by atoms with Crippen molar-refractivity contribution >= 4 is 33.8 Å². The topological polar surface area (TPSA) is 91.2 Å². The van der Waals surface area contributed by atoms with Gasteiger partial charge in [0.25, 0.3) is 5.91 Å². The largest absolute Gasteiger partial charge is 0.416 e. The number of nitrogens with one attached hydrogen (secondary N) is 2. The Morgan fingerprint density at radius 2 is 1.93 bits per heavy atom. The molecule has 0 atom stereocenters. The molecule has 13 heteroatoms. The van der Waals surface area contributed by atoms with Gasteiger partial charge in [-0.15, -0.1) is 5.10 Å². The van der Waals surface area contributed by atoms with Gasteiger partial charge >= 0.3 is 6.18 Å². The van der Waals surface area contributed by atoms with Crippen molar-refractivity contribution in [2.45, 2.75) is 25.9 Å². The summed E-state index contributed by atoms with van der Waals surface area (Å²) in [5, 5.41) is 15.0. The molecule has 0 unspecified atom stereocenters. The van der Waals surface area contributed by atoms with Gasteiger partial charge in [-0.25, -0.2) is 9.67 Å². The molecule has 0 radical (unpaired) electrons. The first-order valence-corrected chi connectivity index (χ1v) is 14.1. The Balaban J connectivity index is 1.36. The molecule has 41 heavy (non-hydrogen) atoms. The number of anilines is 3. The van der Waals surface area contributed by atoms with Crippen LogP contribution in [0.5, 0.6) is 0 Å². The summed E-state index contributed by atoms with van der Waals surface area (Å²) in [5.74, 6) is -0.636. The highest BCUT2D eigenvalue weighted by molar-refractivity contribution is 7.18. The molecule has 1 aliphatic rings. The fraction of sp³-hybridized carbons (Fsp3) is 0.357. The summed E-state index contributed by atoms with van der Waals surface area (Å²) in [4.78, 5) is 22.4. The van der Waals surface area contributed by atoms with Gasteiger partial charge in [0.05, 0.1) is 22.3 Å². The average molecular weight is 585 g/mol. The van der Waals surface area contributed by atoms with Gasteiger partial charge in [0.2, 0.25) is 0 Å². The van der Waals surface area contributed by atoms with Gasteiger partial charge in [-0.3, -0.25) is 4.79 Å². The molecule has 2 aromatic carbocycles. The maximum absolute atomic E-state index is 13.8. The first kappa shape index (κ1) is 28.6. The lowest BCUT2D eigenvalue weighted by molar-refractivity contribution is -0.137. The van der Waals surface area contributed by atoms with Crippen LogP contribution in [-0.2, 0) is 6.18 Å². The van der Waals surface area contributed by atoms with Gasteiger partial charge in [-0.2, -0.15) is 13.2 Å². The number of aryl methyl sites for hydroxylation is 1. The van der Waals surface area contributed by atoms with Crippen molar-refractivity contribution in [2.24, 2.45) is 0 Å². The maximum Gasteiger partial charge on any atom is 0.416 e. The summed E-state index contributed by atoms with van der Waals surface area (Å²) in [6, 6.07) is 8.71. The molecule has 0 saturated carbocycles. The van der Waals surface area contributed by atoms with E-state index in [1.54, 1.807) is 48.2 Å². The second kappa shape index (κ2) is 11.9. The van der Waals surface area contributed by atoms with Crippen molar-refractivity contribution < 1.29 is 18.0 Å². The lowest BCUT2D eigenvalue weighted by atomic mass is 10.1. The molecule has 0 spiro atoms. The first-order chi connectivity index (χ1) is 19.6. The van der Waals surface area contributed by atoms with E-state index < -0.39 is 17.6 Å². The van der Waals surface area contributed by atoms with Crippen LogP contribution < -0.4 is 15.5 Å². The van der Waals surface area contributed by atoms with Crippen LogP contribution in [-0.4, -0.2) is 71.1 Å². The third-order valence-corrected chi connectivity index (χ3v) is 8.11. The quantitative estimate of drug-likeness (QED) is 0.267. The minimum atomic E-state index is -4.59. The van der Waals surface area contributed by atoms with E-state index in [4.69, 9.17) is 0 Å². The Hall–Kier alpha value is -3.97. The summed E-state index contributed by atoms with van der Waals surface area (Å²) in [6.45, 7) is 5.21. The number of hydrogen-bond donors (Lipinski definition) is 2. The minimum Gasteiger partial charge on any atom is -0.373 e. The molecule has 0 bridgehead atoms. The zero-order chi connectivity index (χ0) is 29.1. The number of amides is 1. The second-order valence-corrected chi connectivity index (χ2v) is 11.1. The third kappa shape index (κ3) is 6.68. The van der Waals surface area contributed by atoms with E-state index in [1.165, 1.54) is 17.4 Å². The lowest BCUT2D eigenvalue weighted by Crippen LogP contribution is -2.31. The van der Waals surface area contributed by atoms with Gasteiger partial charge in [0.15, 0.2) is 5.13 Å². The number of likely N-dealkylation sites (tertiary alicyclic amines) is 1. The highest BCUT2D eigenvalue weighted by Crippen LogP contribution is 2.33. The van der Waals surface area contributed by atoms with Crippen molar-refractivity contribution in [3.05, 3.63) is 65.5 Å². The van der Waals surface area contributed by atoms with Crippen LogP contribution in [0.1, 0.15) is 34.3 Å². The van der Waals surface area contributed by atoms with Crippen molar-refractivity contribution in [1.29, 1.82) is 0 Å². The fourth-order valence-electron chi connectivity index (χ4n) is 4.69. The molecule has 9 nitrogen and oxygen atoms in total. The molecule has 2 aromatic heterocycles. The predicted octanol–water partition coefficient (Wildman–Crippen LogP) is 5.54. The molecule has 4 aromatic rings. The van der Waals surface area contributed by atoms with Crippen molar-refractivity contribution in [3.63, 3.8) is 0 Å². The maximum atomic E-state index is 13.8. The van der Waals surface area contributed by atoms with Crippen LogP contribution in [0.3, 0.4) is 0 Å². The number of nitrogens with zero attached hydrogens (tertiary/aromatic N) is 6. The van der Waals surface area contributed by atoms with Crippen LogP contribution in [0.2, 0.25) is 0 Å². The Bertz CT molecular complexity index is 1530. The molecule has 1 amide bonds. The normalized spacial score (nSPS) is 13.9. The summed E-state index contributed by atoms with van der Waals surface area (Å²) < 4.78 is 42.9. The predicted molar refractivity (Wildman–Crippen MR) is 155 cm³/mol. The number of halogens is 3. The minimum absolute atomic E-state index is 0.0708. The van der Waals surface area contributed by atoms with Crippen LogP contribution in [0, 0.1) is 6.92 Å². The molecule has 216 valence electrons. The molecular formula is C28H31F3N8OS. The SMILES string of the molecule is CNc1ncc(-c2cn(-c3cc(NC(=O)c4cc(N(C)CCN5CCCC5)cc(C(F)(F)F)c4)ccc3C)nn2)s1. The molecule has 1 saturated heterocycles. The zero-order valence-corrected chi connectivity index (χ0v) is 23.8. The molecule has 2 N–H and O–H groups in total. The molecule has 3 heterocycles.